The van der Waals surface area contributed by atoms with Gasteiger partial charge in [-0.15, -0.1) is 11.3 Å². The predicted octanol–water partition coefficient (Wildman–Crippen LogP) is 0.856. The van der Waals surface area contributed by atoms with Crippen molar-refractivity contribution in [1.82, 2.24) is 4.98 Å². The van der Waals surface area contributed by atoms with Crippen LogP contribution in [0.1, 0.15) is 30.3 Å². The lowest BCUT2D eigenvalue weighted by molar-refractivity contribution is -0.0488. The lowest BCUT2D eigenvalue weighted by Gasteiger charge is -2.43. The van der Waals surface area contributed by atoms with Gasteiger partial charge in [-0.1, -0.05) is 6.92 Å². The Labute approximate surface area is 122 Å². The maximum atomic E-state index is 11.1. The fourth-order valence-corrected chi connectivity index (χ4v) is 3.37. The van der Waals surface area contributed by atoms with Gasteiger partial charge < -0.3 is 20.5 Å². The number of rotatable bonds is 5. The summed E-state index contributed by atoms with van der Waals surface area (Å²) in [5.74, 6) is -0.388. The van der Waals surface area contributed by atoms with Crippen molar-refractivity contribution >= 4 is 22.4 Å². The summed E-state index contributed by atoms with van der Waals surface area (Å²) < 4.78 is 5.06. The zero-order valence-electron chi connectivity index (χ0n) is 11.8. The second kappa shape index (κ2) is 6.07. The van der Waals surface area contributed by atoms with Gasteiger partial charge in [-0.3, -0.25) is 4.79 Å². The predicted molar refractivity (Wildman–Crippen MR) is 78.1 cm³/mol. The van der Waals surface area contributed by atoms with Gasteiger partial charge >= 0.3 is 0 Å². The third-order valence-corrected chi connectivity index (χ3v) is 4.88. The molecule has 6 nitrogen and oxygen atoms in total. The highest BCUT2D eigenvalue weighted by Gasteiger charge is 2.39. The number of ether oxygens (including phenoxy) is 1. The summed E-state index contributed by atoms with van der Waals surface area (Å²) in [5.41, 5.74) is 4.83. The minimum atomic E-state index is -0.684. The summed E-state index contributed by atoms with van der Waals surface area (Å²) in [7, 11) is 1.64. The first-order valence-corrected chi connectivity index (χ1v) is 7.56. The second-order valence-electron chi connectivity index (χ2n) is 5.32. The third kappa shape index (κ3) is 3.11. The molecule has 1 amide bonds. The highest BCUT2D eigenvalue weighted by molar-refractivity contribution is 7.13. The first-order valence-electron chi connectivity index (χ1n) is 6.68. The van der Waals surface area contributed by atoms with Gasteiger partial charge in [0, 0.05) is 38.1 Å². The van der Waals surface area contributed by atoms with Gasteiger partial charge in [0.1, 0.15) is 5.69 Å². The maximum absolute atomic E-state index is 11.1. The molecule has 1 aromatic heterocycles. The van der Waals surface area contributed by atoms with E-state index in [2.05, 4.69) is 9.88 Å². The molecular formula is C13H21N3O3S. The number of hydrogen-bond acceptors (Lipinski definition) is 6. The quantitative estimate of drug-likeness (QED) is 0.841. The normalized spacial score (nSPS) is 26.8. The second-order valence-corrected chi connectivity index (χ2v) is 6.16. The molecule has 1 fully saturated rings. The Balaban J connectivity index is 2.02. The summed E-state index contributed by atoms with van der Waals surface area (Å²) in [6.45, 7) is 4.02. The van der Waals surface area contributed by atoms with Crippen molar-refractivity contribution in [3.05, 3.63) is 11.1 Å². The molecule has 2 atom stereocenters. The van der Waals surface area contributed by atoms with Crippen molar-refractivity contribution in [1.29, 1.82) is 0 Å². The van der Waals surface area contributed by atoms with E-state index in [9.17, 15) is 9.90 Å². The van der Waals surface area contributed by atoms with Crippen molar-refractivity contribution in [2.45, 2.75) is 25.4 Å². The SMILES string of the molecule is COCC[C@@]1(O)CCN(c2nc(C(N)=O)cs2)C[C@@H]1C. The number of amides is 1. The van der Waals surface area contributed by atoms with Crippen LogP contribution in [0.5, 0.6) is 0 Å². The van der Waals surface area contributed by atoms with Crippen LogP contribution in [0.15, 0.2) is 5.38 Å². The molecule has 0 aromatic carbocycles. The lowest BCUT2D eigenvalue weighted by Crippen LogP contribution is -2.51. The summed E-state index contributed by atoms with van der Waals surface area (Å²) in [6, 6.07) is 0. The Morgan fingerprint density at radius 1 is 1.75 bits per heavy atom. The van der Waals surface area contributed by atoms with Crippen LogP contribution in [0, 0.1) is 5.92 Å². The summed E-state index contributed by atoms with van der Waals surface area (Å²) >= 11 is 1.41. The molecule has 0 radical (unpaired) electrons. The van der Waals surface area contributed by atoms with Crippen LogP contribution in [-0.2, 0) is 4.74 Å². The van der Waals surface area contributed by atoms with Gasteiger partial charge in [-0.25, -0.2) is 4.98 Å². The van der Waals surface area contributed by atoms with Crippen molar-refractivity contribution in [2.24, 2.45) is 11.7 Å². The molecule has 20 heavy (non-hydrogen) atoms. The van der Waals surface area contributed by atoms with Crippen LogP contribution in [0.25, 0.3) is 0 Å². The van der Waals surface area contributed by atoms with Crippen LogP contribution in [0.2, 0.25) is 0 Å². The van der Waals surface area contributed by atoms with E-state index in [0.29, 0.717) is 31.7 Å². The number of piperidine rings is 1. The van der Waals surface area contributed by atoms with Crippen LogP contribution < -0.4 is 10.6 Å². The Bertz CT molecular complexity index is 479. The number of hydrogen-bond donors (Lipinski definition) is 2. The van der Waals surface area contributed by atoms with Gasteiger partial charge in [-0.2, -0.15) is 0 Å². The van der Waals surface area contributed by atoms with Crippen molar-refractivity contribution in [3.8, 4) is 0 Å². The Kier molecular flexibility index (Phi) is 4.62. The molecule has 1 aliphatic rings. The third-order valence-electron chi connectivity index (χ3n) is 3.98. The molecule has 0 unspecified atom stereocenters. The van der Waals surface area contributed by atoms with Crippen molar-refractivity contribution in [2.75, 3.05) is 31.7 Å². The first-order chi connectivity index (χ1) is 9.46. The molecule has 3 N–H and O–H groups in total. The van der Waals surface area contributed by atoms with Gasteiger partial charge in [-0.05, 0) is 12.8 Å². The smallest absolute Gasteiger partial charge is 0.268 e. The van der Waals surface area contributed by atoms with Gasteiger partial charge in [0.15, 0.2) is 5.13 Å². The van der Waals surface area contributed by atoms with Crippen molar-refractivity contribution in [3.63, 3.8) is 0 Å². The molecule has 0 saturated carbocycles. The highest BCUT2D eigenvalue weighted by Crippen LogP contribution is 2.34. The van der Waals surface area contributed by atoms with Crippen LogP contribution in [0.4, 0.5) is 5.13 Å². The van der Waals surface area contributed by atoms with Crippen LogP contribution in [-0.4, -0.2) is 48.4 Å². The summed E-state index contributed by atoms with van der Waals surface area (Å²) in [6.07, 6.45) is 1.31. The molecule has 112 valence electrons. The van der Waals surface area contributed by atoms with Gasteiger partial charge in [0.25, 0.3) is 5.91 Å². The van der Waals surface area contributed by atoms with E-state index in [4.69, 9.17) is 10.5 Å². The molecule has 1 aromatic rings. The molecule has 0 bridgehead atoms. The fourth-order valence-electron chi connectivity index (χ4n) is 2.51. The molecule has 0 aliphatic carbocycles. The van der Waals surface area contributed by atoms with E-state index in [0.717, 1.165) is 11.7 Å². The maximum Gasteiger partial charge on any atom is 0.268 e. The number of methoxy groups -OCH3 is 1. The van der Waals surface area contributed by atoms with E-state index < -0.39 is 11.5 Å². The molecule has 1 aliphatic heterocycles. The van der Waals surface area contributed by atoms with Crippen molar-refractivity contribution < 1.29 is 14.6 Å². The summed E-state index contributed by atoms with van der Waals surface area (Å²) in [5, 5.41) is 13.1. The van der Waals surface area contributed by atoms with E-state index >= 15 is 0 Å². The van der Waals surface area contributed by atoms with E-state index in [1.54, 1.807) is 12.5 Å². The zero-order chi connectivity index (χ0) is 14.8. The van der Waals surface area contributed by atoms with Gasteiger partial charge in [0.05, 0.1) is 5.60 Å². The number of carbonyl (C=O) groups is 1. The molecule has 2 rings (SSSR count). The average molecular weight is 299 g/mol. The fraction of sp³-hybridized carbons (Fsp3) is 0.692. The summed E-state index contributed by atoms with van der Waals surface area (Å²) in [4.78, 5) is 17.4. The molecule has 0 spiro atoms. The van der Waals surface area contributed by atoms with Crippen LogP contribution >= 0.6 is 11.3 Å². The number of aliphatic hydroxyl groups is 1. The zero-order valence-corrected chi connectivity index (χ0v) is 12.7. The molecule has 1 saturated heterocycles. The number of thiazole rings is 1. The van der Waals surface area contributed by atoms with E-state index in [1.807, 2.05) is 6.92 Å². The van der Waals surface area contributed by atoms with E-state index in [1.165, 1.54) is 11.3 Å². The lowest BCUT2D eigenvalue weighted by atomic mass is 9.80. The number of nitrogens with zero attached hydrogens (tertiary/aromatic N) is 2. The highest BCUT2D eigenvalue weighted by atomic mass is 32.1. The number of nitrogens with two attached hydrogens (primary N) is 1. The van der Waals surface area contributed by atoms with E-state index in [-0.39, 0.29) is 5.92 Å². The topological polar surface area (TPSA) is 88.7 Å². The number of aromatic nitrogens is 1. The minimum absolute atomic E-state index is 0.118. The van der Waals surface area contributed by atoms with Crippen LogP contribution in [0.3, 0.4) is 0 Å². The molecule has 2 heterocycles. The Morgan fingerprint density at radius 3 is 3.05 bits per heavy atom. The largest absolute Gasteiger partial charge is 0.389 e. The molecule has 7 heteroatoms. The Morgan fingerprint density at radius 2 is 2.50 bits per heavy atom. The monoisotopic (exact) mass is 299 g/mol. The average Bonchev–Trinajstić information content (AvgIpc) is 2.90. The number of anilines is 1. The van der Waals surface area contributed by atoms with Gasteiger partial charge in [0.2, 0.25) is 0 Å². The Hall–Kier alpha value is -1.18. The number of carbonyl (C=O) groups excluding carboxylic acids is 1. The standard InChI is InChI=1S/C13H21N3O3S/c1-9-7-16(5-3-13(9,18)4-6-19-2)12-15-10(8-20-12)11(14)17/h8-9,18H,3-7H2,1-2H3,(H2,14,17)/t9-,13-/m0/s1. The number of primary amides is 1. The first kappa shape index (κ1) is 15.2. The molecular weight excluding hydrogens is 278 g/mol. The minimum Gasteiger partial charge on any atom is -0.389 e.